The van der Waals surface area contributed by atoms with Crippen molar-refractivity contribution < 1.29 is 5.11 Å². The first-order valence-corrected chi connectivity index (χ1v) is 10.2. The van der Waals surface area contributed by atoms with E-state index in [9.17, 15) is 5.11 Å². The summed E-state index contributed by atoms with van der Waals surface area (Å²) in [6.45, 7) is 6.64. The minimum atomic E-state index is -0.656. The lowest BCUT2D eigenvalue weighted by Gasteiger charge is -2.53. The Balaban J connectivity index is 2.06. The molecular formula is C24H33NO. The summed E-state index contributed by atoms with van der Waals surface area (Å²) in [7, 11) is 0. The number of rotatable bonds is 6. The topological polar surface area (TPSA) is 32.3 Å². The first-order valence-electron chi connectivity index (χ1n) is 10.2. The molecule has 0 aliphatic carbocycles. The number of benzene rings is 2. The third-order valence-electron chi connectivity index (χ3n) is 6.26. The van der Waals surface area contributed by atoms with Crippen LogP contribution in [0, 0.1) is 11.8 Å². The Kier molecular flexibility index (Phi) is 6.16. The van der Waals surface area contributed by atoms with Crippen molar-refractivity contribution in [2.45, 2.75) is 64.1 Å². The molecule has 1 saturated heterocycles. The maximum atomic E-state index is 12.0. The minimum Gasteiger partial charge on any atom is -0.389 e. The Labute approximate surface area is 158 Å². The largest absolute Gasteiger partial charge is 0.389 e. The molecule has 0 unspecified atom stereocenters. The van der Waals surface area contributed by atoms with Gasteiger partial charge in [-0.1, -0.05) is 94.3 Å². The van der Waals surface area contributed by atoms with Crippen molar-refractivity contribution in [3.05, 3.63) is 71.8 Å². The second-order valence-electron chi connectivity index (χ2n) is 7.87. The second-order valence-corrected chi connectivity index (χ2v) is 7.87. The summed E-state index contributed by atoms with van der Waals surface area (Å²) in [6.07, 6.45) is 3.98. The first-order chi connectivity index (χ1) is 12.6. The molecule has 3 rings (SSSR count). The van der Waals surface area contributed by atoms with Gasteiger partial charge in [-0.15, -0.1) is 0 Å². The molecule has 0 amide bonds. The highest BCUT2D eigenvalue weighted by Gasteiger charge is 2.51. The molecule has 1 fully saturated rings. The van der Waals surface area contributed by atoms with Gasteiger partial charge in [-0.3, -0.25) is 0 Å². The average Bonchev–Trinajstić information content (AvgIpc) is 2.68. The molecule has 1 heterocycles. The molecule has 5 atom stereocenters. The summed E-state index contributed by atoms with van der Waals surface area (Å²) in [5, 5.41) is 15.9. The van der Waals surface area contributed by atoms with Gasteiger partial charge in [-0.25, -0.2) is 0 Å². The standard InChI is InChI=1S/C24H33NO/c1-4-12-21-23(20-15-10-7-11-16-20)25-22(19-13-8-6-9-14-19)18(3)24(21,26)17-5-2/h6-11,13-16,18,21-23,25-26H,4-5,12,17H2,1-3H3/t18-,21-,22-,23-,24+/m1/s1. The smallest absolute Gasteiger partial charge is 0.0737 e. The van der Waals surface area contributed by atoms with Gasteiger partial charge in [0.05, 0.1) is 5.60 Å². The summed E-state index contributed by atoms with van der Waals surface area (Å²) < 4.78 is 0. The highest BCUT2D eigenvalue weighted by atomic mass is 16.3. The van der Waals surface area contributed by atoms with Crippen molar-refractivity contribution in [3.63, 3.8) is 0 Å². The second kappa shape index (κ2) is 8.37. The molecule has 2 aromatic carbocycles. The van der Waals surface area contributed by atoms with Crippen LogP contribution in [0.15, 0.2) is 60.7 Å². The highest BCUT2D eigenvalue weighted by Crippen LogP contribution is 2.50. The normalized spacial score (nSPS) is 31.7. The van der Waals surface area contributed by atoms with E-state index in [0.717, 1.165) is 25.7 Å². The predicted octanol–water partition coefficient (Wildman–Crippen LogP) is 5.66. The fourth-order valence-corrected chi connectivity index (χ4v) is 4.94. The molecule has 0 bridgehead atoms. The molecule has 26 heavy (non-hydrogen) atoms. The van der Waals surface area contributed by atoms with Gasteiger partial charge in [-0.05, 0) is 24.0 Å². The Morgan fingerprint density at radius 2 is 1.38 bits per heavy atom. The van der Waals surface area contributed by atoms with E-state index in [4.69, 9.17) is 0 Å². The van der Waals surface area contributed by atoms with E-state index < -0.39 is 5.60 Å². The Morgan fingerprint density at radius 3 is 1.88 bits per heavy atom. The SMILES string of the molecule is CCC[C@@H]1[C@@H](c2ccccc2)N[C@@H](c2ccccc2)[C@@H](C)[C@@]1(O)CCC. The van der Waals surface area contributed by atoms with Crippen LogP contribution in [0.25, 0.3) is 0 Å². The van der Waals surface area contributed by atoms with Crippen molar-refractivity contribution >= 4 is 0 Å². The van der Waals surface area contributed by atoms with Gasteiger partial charge in [0.2, 0.25) is 0 Å². The molecule has 2 nitrogen and oxygen atoms in total. The number of hydrogen-bond acceptors (Lipinski definition) is 2. The molecule has 0 saturated carbocycles. The zero-order valence-electron chi connectivity index (χ0n) is 16.4. The number of piperidine rings is 1. The molecule has 0 aromatic heterocycles. The van der Waals surface area contributed by atoms with E-state index in [1.165, 1.54) is 11.1 Å². The monoisotopic (exact) mass is 351 g/mol. The van der Waals surface area contributed by atoms with Crippen LogP contribution in [-0.2, 0) is 0 Å². The summed E-state index contributed by atoms with van der Waals surface area (Å²) in [5.41, 5.74) is 1.90. The Hall–Kier alpha value is -1.64. The maximum Gasteiger partial charge on any atom is 0.0737 e. The van der Waals surface area contributed by atoms with Crippen LogP contribution in [0.4, 0.5) is 0 Å². The van der Waals surface area contributed by atoms with Crippen molar-refractivity contribution in [2.24, 2.45) is 11.8 Å². The van der Waals surface area contributed by atoms with Crippen LogP contribution in [-0.4, -0.2) is 10.7 Å². The summed E-state index contributed by atoms with van der Waals surface area (Å²) in [5.74, 6) is 0.395. The molecular weight excluding hydrogens is 318 g/mol. The average molecular weight is 352 g/mol. The van der Waals surface area contributed by atoms with Crippen molar-refractivity contribution in [1.29, 1.82) is 0 Å². The van der Waals surface area contributed by atoms with Crippen LogP contribution in [0.1, 0.15) is 69.7 Å². The van der Waals surface area contributed by atoms with Gasteiger partial charge in [0, 0.05) is 23.9 Å². The third kappa shape index (κ3) is 3.58. The summed E-state index contributed by atoms with van der Waals surface area (Å²) >= 11 is 0. The molecule has 1 aliphatic rings. The van der Waals surface area contributed by atoms with Gasteiger partial charge < -0.3 is 10.4 Å². The molecule has 1 aliphatic heterocycles. The number of nitrogens with one attached hydrogen (secondary N) is 1. The van der Waals surface area contributed by atoms with E-state index in [-0.39, 0.29) is 23.9 Å². The first kappa shape index (κ1) is 19.1. The summed E-state index contributed by atoms with van der Waals surface area (Å²) in [4.78, 5) is 0. The van der Waals surface area contributed by atoms with E-state index in [2.05, 4.69) is 86.8 Å². The van der Waals surface area contributed by atoms with Crippen LogP contribution in [0.2, 0.25) is 0 Å². The van der Waals surface area contributed by atoms with Crippen molar-refractivity contribution in [1.82, 2.24) is 5.32 Å². The van der Waals surface area contributed by atoms with Crippen molar-refractivity contribution in [2.75, 3.05) is 0 Å². The molecule has 2 heteroatoms. The van der Waals surface area contributed by atoms with Gasteiger partial charge in [0.15, 0.2) is 0 Å². The van der Waals surface area contributed by atoms with E-state index >= 15 is 0 Å². The van der Waals surface area contributed by atoms with Gasteiger partial charge in [0.25, 0.3) is 0 Å². The molecule has 2 aromatic rings. The fraction of sp³-hybridized carbons (Fsp3) is 0.500. The van der Waals surface area contributed by atoms with Crippen LogP contribution in [0.5, 0.6) is 0 Å². The summed E-state index contributed by atoms with van der Waals surface area (Å²) in [6, 6.07) is 21.6. The van der Waals surface area contributed by atoms with Gasteiger partial charge >= 0.3 is 0 Å². The van der Waals surface area contributed by atoms with Gasteiger partial charge in [-0.2, -0.15) is 0 Å². The zero-order chi connectivity index (χ0) is 18.6. The number of aliphatic hydroxyl groups is 1. The van der Waals surface area contributed by atoms with Gasteiger partial charge in [0.1, 0.15) is 0 Å². The third-order valence-corrected chi connectivity index (χ3v) is 6.26. The maximum absolute atomic E-state index is 12.0. The molecule has 2 N–H and O–H groups in total. The quantitative estimate of drug-likeness (QED) is 0.704. The fourth-order valence-electron chi connectivity index (χ4n) is 4.94. The Morgan fingerprint density at radius 1 is 0.846 bits per heavy atom. The Bertz CT molecular complexity index is 671. The van der Waals surface area contributed by atoms with Crippen LogP contribution in [0.3, 0.4) is 0 Å². The van der Waals surface area contributed by atoms with Crippen LogP contribution < -0.4 is 5.32 Å². The highest BCUT2D eigenvalue weighted by molar-refractivity contribution is 5.28. The van der Waals surface area contributed by atoms with Crippen LogP contribution >= 0.6 is 0 Å². The lowest BCUT2D eigenvalue weighted by atomic mass is 9.62. The molecule has 0 radical (unpaired) electrons. The lowest BCUT2D eigenvalue weighted by molar-refractivity contribution is -0.125. The van der Waals surface area contributed by atoms with E-state index in [1.807, 2.05) is 0 Å². The molecule has 0 spiro atoms. The lowest BCUT2D eigenvalue weighted by Crippen LogP contribution is -2.58. The minimum absolute atomic E-state index is 0.158. The molecule has 140 valence electrons. The predicted molar refractivity (Wildman–Crippen MR) is 109 cm³/mol. The number of hydrogen-bond donors (Lipinski definition) is 2. The van der Waals surface area contributed by atoms with Crippen molar-refractivity contribution in [3.8, 4) is 0 Å². The zero-order valence-corrected chi connectivity index (χ0v) is 16.4. The van der Waals surface area contributed by atoms with E-state index in [1.54, 1.807) is 0 Å². The van der Waals surface area contributed by atoms with E-state index in [0.29, 0.717) is 0 Å².